The normalized spacial score (nSPS) is 19.3. The summed E-state index contributed by atoms with van der Waals surface area (Å²) in [5.74, 6) is -0.446. The van der Waals surface area contributed by atoms with Crippen molar-refractivity contribution in [1.82, 2.24) is 0 Å². The fourth-order valence-corrected chi connectivity index (χ4v) is 1.31. The summed E-state index contributed by atoms with van der Waals surface area (Å²) in [6.45, 7) is 7.09. The zero-order chi connectivity index (χ0) is 10.6. The lowest BCUT2D eigenvalue weighted by Gasteiger charge is -2.30. The fourth-order valence-electron chi connectivity index (χ4n) is 1.31. The van der Waals surface area contributed by atoms with Gasteiger partial charge in [0.25, 0.3) is 0 Å². The van der Waals surface area contributed by atoms with E-state index in [1.54, 1.807) is 13.8 Å². The van der Waals surface area contributed by atoms with Crippen molar-refractivity contribution in [1.29, 1.82) is 0 Å². The van der Waals surface area contributed by atoms with Crippen LogP contribution in [-0.4, -0.2) is 11.8 Å². The number of unbranched alkanes of at least 4 members (excludes halogenated alkanes) is 1. The van der Waals surface area contributed by atoms with Gasteiger partial charge in [0, 0.05) is 20.3 Å². The van der Waals surface area contributed by atoms with E-state index in [4.69, 9.17) is 9.47 Å². The van der Waals surface area contributed by atoms with Crippen molar-refractivity contribution in [2.45, 2.75) is 38.9 Å². The van der Waals surface area contributed by atoms with E-state index in [2.05, 4.69) is 6.58 Å². The molecule has 0 amide bonds. The lowest BCUT2D eigenvalue weighted by Crippen LogP contribution is -2.34. The first-order chi connectivity index (χ1) is 6.53. The van der Waals surface area contributed by atoms with Gasteiger partial charge in [0.1, 0.15) is 5.76 Å². The Bertz CT molecular complexity index is 264. The number of cyclic esters (lactones) is 1. The van der Waals surface area contributed by atoms with Gasteiger partial charge in [-0.05, 0) is 12.8 Å². The van der Waals surface area contributed by atoms with E-state index in [9.17, 15) is 4.79 Å². The second-order valence-corrected chi connectivity index (χ2v) is 3.71. The summed E-state index contributed by atoms with van der Waals surface area (Å²) in [5.41, 5.74) is 0. The molecular formula is C11H16O3. The number of ether oxygens (including phenoxy) is 2. The third-order valence-electron chi connectivity index (χ3n) is 1.83. The molecule has 78 valence electrons. The molecule has 3 nitrogen and oxygen atoms in total. The molecule has 0 radical (unpaired) electrons. The highest BCUT2D eigenvalue weighted by atomic mass is 16.7. The number of hydrogen-bond acceptors (Lipinski definition) is 3. The van der Waals surface area contributed by atoms with E-state index >= 15 is 0 Å². The van der Waals surface area contributed by atoms with Gasteiger partial charge in [-0.2, -0.15) is 0 Å². The van der Waals surface area contributed by atoms with Crippen molar-refractivity contribution in [2.24, 2.45) is 0 Å². The number of carbonyl (C=O) groups is 1. The number of rotatable bonds is 4. The van der Waals surface area contributed by atoms with Gasteiger partial charge >= 0.3 is 5.97 Å². The Morgan fingerprint density at radius 1 is 1.50 bits per heavy atom. The van der Waals surface area contributed by atoms with E-state index in [0.29, 0.717) is 5.76 Å². The van der Waals surface area contributed by atoms with Crippen LogP contribution in [0.25, 0.3) is 0 Å². The summed E-state index contributed by atoms with van der Waals surface area (Å²) in [5, 5.41) is 0. The molecule has 3 heteroatoms. The quantitative estimate of drug-likeness (QED) is 0.394. The second kappa shape index (κ2) is 4.31. The van der Waals surface area contributed by atoms with Crippen LogP contribution < -0.4 is 0 Å². The van der Waals surface area contributed by atoms with Gasteiger partial charge in [-0.15, -0.1) is 6.58 Å². The van der Waals surface area contributed by atoms with E-state index < -0.39 is 5.79 Å². The van der Waals surface area contributed by atoms with Gasteiger partial charge in [0.05, 0.1) is 6.08 Å². The highest BCUT2D eigenvalue weighted by Gasteiger charge is 2.29. The standard InChI is InChI=1S/C11H16O3/c1-4-5-6-7-9-8-10(12)14-11(2,3)13-9/h4,8H,1,5-7H2,2-3H3. The number of carbonyl (C=O) groups excluding carboxylic acids is 1. The summed E-state index contributed by atoms with van der Waals surface area (Å²) in [6.07, 6.45) is 5.89. The van der Waals surface area contributed by atoms with Crippen molar-refractivity contribution in [3.05, 3.63) is 24.5 Å². The Hall–Kier alpha value is -1.25. The minimum Gasteiger partial charge on any atom is -0.457 e. The molecule has 0 N–H and O–H groups in total. The molecule has 0 aromatic carbocycles. The third kappa shape index (κ3) is 3.24. The summed E-state index contributed by atoms with van der Waals surface area (Å²) in [6, 6.07) is 0. The Morgan fingerprint density at radius 2 is 2.21 bits per heavy atom. The Kier molecular flexibility index (Phi) is 3.33. The van der Waals surface area contributed by atoms with Crippen LogP contribution in [0.1, 0.15) is 33.1 Å². The maximum absolute atomic E-state index is 11.1. The molecule has 1 rings (SSSR count). The van der Waals surface area contributed by atoms with Gasteiger partial charge < -0.3 is 9.47 Å². The molecule has 0 unspecified atom stereocenters. The Morgan fingerprint density at radius 3 is 2.79 bits per heavy atom. The fraction of sp³-hybridized carbons (Fsp3) is 0.545. The predicted molar refractivity (Wildman–Crippen MR) is 53.4 cm³/mol. The summed E-state index contributed by atoms with van der Waals surface area (Å²) < 4.78 is 10.4. The topological polar surface area (TPSA) is 35.5 Å². The van der Waals surface area contributed by atoms with Gasteiger partial charge in [-0.25, -0.2) is 4.79 Å². The van der Waals surface area contributed by atoms with Crippen LogP contribution in [-0.2, 0) is 14.3 Å². The van der Waals surface area contributed by atoms with Crippen molar-refractivity contribution in [3.63, 3.8) is 0 Å². The van der Waals surface area contributed by atoms with Crippen LogP contribution in [0.3, 0.4) is 0 Å². The van der Waals surface area contributed by atoms with Crippen molar-refractivity contribution in [3.8, 4) is 0 Å². The molecule has 0 saturated carbocycles. The third-order valence-corrected chi connectivity index (χ3v) is 1.83. The average Bonchev–Trinajstić information content (AvgIpc) is 2.00. The van der Waals surface area contributed by atoms with Crippen molar-refractivity contribution >= 4 is 5.97 Å². The first kappa shape index (κ1) is 10.8. The minimum atomic E-state index is -0.824. The Balaban J connectivity index is 2.51. The van der Waals surface area contributed by atoms with Crippen molar-refractivity contribution < 1.29 is 14.3 Å². The zero-order valence-corrected chi connectivity index (χ0v) is 8.71. The molecule has 0 aliphatic carbocycles. The summed E-state index contributed by atoms with van der Waals surface area (Å²) in [7, 11) is 0. The predicted octanol–water partition coefficient (Wildman–Crippen LogP) is 2.54. The largest absolute Gasteiger partial charge is 0.457 e. The molecule has 0 atom stereocenters. The number of hydrogen-bond donors (Lipinski definition) is 0. The zero-order valence-electron chi connectivity index (χ0n) is 8.71. The highest BCUT2D eigenvalue weighted by molar-refractivity contribution is 5.83. The van der Waals surface area contributed by atoms with Gasteiger partial charge in [0.15, 0.2) is 0 Å². The molecule has 14 heavy (non-hydrogen) atoms. The molecule has 0 bridgehead atoms. The van der Waals surface area contributed by atoms with Crippen LogP contribution >= 0.6 is 0 Å². The molecule has 0 saturated heterocycles. The molecular weight excluding hydrogens is 180 g/mol. The lowest BCUT2D eigenvalue weighted by atomic mass is 10.2. The van der Waals surface area contributed by atoms with Crippen LogP contribution in [0, 0.1) is 0 Å². The van der Waals surface area contributed by atoms with Crippen LogP contribution in [0.15, 0.2) is 24.5 Å². The molecule has 1 heterocycles. The SMILES string of the molecule is C=CCCCC1=CC(=O)OC(C)(C)O1. The first-order valence-electron chi connectivity index (χ1n) is 4.77. The molecule has 0 fully saturated rings. The lowest BCUT2D eigenvalue weighted by molar-refractivity contribution is -0.206. The summed E-state index contributed by atoms with van der Waals surface area (Å²) >= 11 is 0. The van der Waals surface area contributed by atoms with Crippen LogP contribution in [0.2, 0.25) is 0 Å². The van der Waals surface area contributed by atoms with Crippen LogP contribution in [0.4, 0.5) is 0 Å². The molecule has 1 aliphatic rings. The Labute approximate surface area is 84.4 Å². The molecule has 1 aliphatic heterocycles. The van der Waals surface area contributed by atoms with Crippen LogP contribution in [0.5, 0.6) is 0 Å². The monoisotopic (exact) mass is 196 g/mol. The smallest absolute Gasteiger partial charge is 0.337 e. The van der Waals surface area contributed by atoms with E-state index in [1.165, 1.54) is 6.08 Å². The van der Waals surface area contributed by atoms with Gasteiger partial charge in [0.2, 0.25) is 5.79 Å². The minimum absolute atomic E-state index is 0.324. The summed E-state index contributed by atoms with van der Waals surface area (Å²) in [4.78, 5) is 11.1. The first-order valence-corrected chi connectivity index (χ1v) is 4.77. The number of allylic oxidation sites excluding steroid dienone is 2. The molecule has 0 aromatic heterocycles. The van der Waals surface area contributed by atoms with Gasteiger partial charge in [-0.1, -0.05) is 6.08 Å². The maximum atomic E-state index is 11.1. The van der Waals surface area contributed by atoms with Crippen molar-refractivity contribution in [2.75, 3.05) is 0 Å². The molecule has 0 spiro atoms. The number of esters is 1. The highest BCUT2D eigenvalue weighted by Crippen LogP contribution is 2.24. The van der Waals surface area contributed by atoms with E-state index in [-0.39, 0.29) is 5.97 Å². The maximum Gasteiger partial charge on any atom is 0.337 e. The average molecular weight is 196 g/mol. The van der Waals surface area contributed by atoms with Gasteiger partial charge in [-0.3, -0.25) is 0 Å². The van der Waals surface area contributed by atoms with E-state index in [1.807, 2.05) is 6.08 Å². The second-order valence-electron chi connectivity index (χ2n) is 3.71. The molecule has 0 aromatic rings. The van der Waals surface area contributed by atoms with E-state index in [0.717, 1.165) is 19.3 Å².